The number of hydrogen-bond donors (Lipinski definition) is 3. The Morgan fingerprint density at radius 1 is 1.08 bits per heavy atom. The molecule has 7 rings (SSSR count). The highest BCUT2D eigenvalue weighted by molar-refractivity contribution is 6.33. The Hall–Kier alpha value is -4.63. The molecule has 1 saturated carbocycles. The highest BCUT2D eigenvalue weighted by atomic mass is 35.5. The number of pyridine rings is 1. The molecule has 1 unspecified atom stereocenters. The van der Waals surface area contributed by atoms with Gasteiger partial charge in [0, 0.05) is 68.6 Å². The van der Waals surface area contributed by atoms with Gasteiger partial charge >= 0.3 is 0 Å². The number of piperazine rings is 1. The zero-order chi connectivity index (χ0) is 34.7. The van der Waals surface area contributed by atoms with Crippen molar-refractivity contribution >= 4 is 46.0 Å². The molecule has 0 radical (unpaired) electrons. The largest absolute Gasteiger partial charge is 0.504 e. The predicted octanol–water partition coefficient (Wildman–Crippen LogP) is 4.03. The fraction of sp³-hybridized carbons (Fsp3) is 0.424. The van der Waals surface area contributed by atoms with Crippen LogP contribution < -0.4 is 21.5 Å². The Kier molecular flexibility index (Phi) is 8.51. The summed E-state index contributed by atoms with van der Waals surface area (Å²) >= 11 is 6.26. The molecule has 1 aliphatic carbocycles. The van der Waals surface area contributed by atoms with Gasteiger partial charge in [-0.15, -0.1) is 0 Å². The molecule has 3 aliphatic rings. The number of fused-ring (bicyclic) bond motifs is 2. The van der Waals surface area contributed by atoms with Gasteiger partial charge in [-0.25, -0.2) is 14.4 Å². The molecule has 5 heterocycles. The van der Waals surface area contributed by atoms with E-state index in [1.54, 1.807) is 0 Å². The number of nitrogens with one attached hydrogen (secondary N) is 1. The number of aryl methyl sites for hydroxylation is 1. The van der Waals surface area contributed by atoms with Gasteiger partial charge in [0.1, 0.15) is 28.9 Å². The van der Waals surface area contributed by atoms with Crippen LogP contribution in [0.5, 0.6) is 5.75 Å². The monoisotopic (exact) mass is 698 g/mol. The van der Waals surface area contributed by atoms with Crippen molar-refractivity contribution in [2.24, 2.45) is 11.7 Å². The molecule has 0 spiro atoms. The molecule has 49 heavy (non-hydrogen) atoms. The first kappa shape index (κ1) is 32.9. The second-order valence-electron chi connectivity index (χ2n) is 13.1. The summed E-state index contributed by atoms with van der Waals surface area (Å²) in [7, 11) is 0. The van der Waals surface area contributed by atoms with Crippen molar-refractivity contribution in [1.82, 2.24) is 24.0 Å². The first-order valence-electron chi connectivity index (χ1n) is 16.2. The van der Waals surface area contributed by atoms with Crippen LogP contribution in [-0.4, -0.2) is 73.1 Å². The van der Waals surface area contributed by atoms with E-state index in [1.165, 1.54) is 34.2 Å². The number of primary amides is 1. The Morgan fingerprint density at radius 3 is 2.57 bits per heavy atom. The molecule has 16 heteroatoms. The smallest absolute Gasteiger partial charge is 0.263 e. The number of rotatable bonds is 8. The molecule has 2 amide bonds. The van der Waals surface area contributed by atoms with E-state index in [2.05, 4.69) is 20.2 Å². The van der Waals surface area contributed by atoms with Gasteiger partial charge in [0.05, 0.1) is 16.6 Å². The van der Waals surface area contributed by atoms with Gasteiger partial charge in [0.25, 0.3) is 11.5 Å². The summed E-state index contributed by atoms with van der Waals surface area (Å²) in [6, 6.07) is 2.40. The molecular weight excluding hydrogens is 665 g/mol. The van der Waals surface area contributed by atoms with Crippen molar-refractivity contribution in [3.8, 4) is 16.9 Å². The fourth-order valence-corrected chi connectivity index (χ4v) is 7.03. The van der Waals surface area contributed by atoms with Gasteiger partial charge in [-0.1, -0.05) is 11.6 Å². The maximum absolute atomic E-state index is 15.4. The summed E-state index contributed by atoms with van der Waals surface area (Å²) in [6.07, 6.45) is 5.70. The van der Waals surface area contributed by atoms with Gasteiger partial charge in [0.15, 0.2) is 11.6 Å². The van der Waals surface area contributed by atoms with Crippen molar-refractivity contribution in [3.05, 3.63) is 62.7 Å². The molecule has 2 fully saturated rings. The Morgan fingerprint density at radius 2 is 1.86 bits per heavy atom. The quantitative estimate of drug-likeness (QED) is 0.234. The molecule has 0 bridgehead atoms. The standard InChI is InChI=1S/C33H34ClF3N8O4/c1-16-12-42(13-17-5-6-17)8-9-44(16)23-11-21(26(34)30(37)40-23)39-24(46)15-43-14-20(18-10-19(31(38)48)29(47)28(36)27(18)35)25-32(43)41-22-4-2-3-7-45(22)33(25)49/h10-11,14,16-17,47H,2-9,12-13,15H2,1H3,(H2,38,48)(H,39,40,46). The predicted molar refractivity (Wildman–Crippen MR) is 176 cm³/mol. The van der Waals surface area contributed by atoms with Crippen LogP contribution in [-0.2, 0) is 24.3 Å². The van der Waals surface area contributed by atoms with E-state index < -0.39 is 58.4 Å². The minimum atomic E-state index is -1.72. The molecule has 2 aliphatic heterocycles. The van der Waals surface area contributed by atoms with Crippen molar-refractivity contribution in [1.29, 1.82) is 0 Å². The topological polar surface area (TPSA) is 152 Å². The van der Waals surface area contributed by atoms with Crippen molar-refractivity contribution < 1.29 is 27.9 Å². The lowest BCUT2D eigenvalue weighted by Gasteiger charge is -2.40. The minimum absolute atomic E-state index is 0.0124. The molecule has 4 aromatic rings. The lowest BCUT2D eigenvalue weighted by Crippen LogP contribution is -2.52. The summed E-state index contributed by atoms with van der Waals surface area (Å²) in [4.78, 5) is 52.3. The lowest BCUT2D eigenvalue weighted by molar-refractivity contribution is -0.116. The summed E-state index contributed by atoms with van der Waals surface area (Å²) in [5.74, 6) is -5.84. The molecule has 258 valence electrons. The van der Waals surface area contributed by atoms with Crippen LogP contribution in [0.4, 0.5) is 24.7 Å². The van der Waals surface area contributed by atoms with Crippen molar-refractivity contribution in [2.75, 3.05) is 36.4 Å². The van der Waals surface area contributed by atoms with E-state index in [1.807, 2.05) is 11.8 Å². The number of halogens is 4. The average molecular weight is 699 g/mol. The van der Waals surface area contributed by atoms with Crippen LogP contribution in [0.15, 0.2) is 23.1 Å². The number of phenols is 1. The second kappa shape index (κ2) is 12.7. The highest BCUT2D eigenvalue weighted by Gasteiger charge is 2.31. The van der Waals surface area contributed by atoms with Crippen LogP contribution in [0, 0.1) is 23.5 Å². The summed E-state index contributed by atoms with van der Waals surface area (Å²) < 4.78 is 47.9. The third-order valence-corrected chi connectivity index (χ3v) is 9.89. The third-order valence-electron chi connectivity index (χ3n) is 9.54. The van der Waals surface area contributed by atoms with Crippen LogP contribution in [0.25, 0.3) is 22.2 Å². The van der Waals surface area contributed by atoms with Gasteiger partial charge in [-0.2, -0.15) is 8.78 Å². The third kappa shape index (κ3) is 6.09. The average Bonchev–Trinajstić information content (AvgIpc) is 3.81. The van der Waals surface area contributed by atoms with E-state index in [0.717, 1.165) is 38.0 Å². The zero-order valence-electron chi connectivity index (χ0n) is 26.6. The number of aromatic hydroxyl groups is 1. The number of aromatic nitrogens is 4. The molecule has 1 aromatic carbocycles. The number of carbonyl (C=O) groups excluding carboxylic acids is 2. The first-order chi connectivity index (χ1) is 23.4. The SMILES string of the molecule is CC1CN(CC2CC2)CCN1c1cc(NC(=O)Cn2cc(-c3cc(C(N)=O)c(O)c(F)c3F)c3c(=O)n4c(nc32)CCCC4)c(Cl)c(F)n1. The van der Waals surface area contributed by atoms with Crippen molar-refractivity contribution in [3.63, 3.8) is 0 Å². The lowest BCUT2D eigenvalue weighted by atomic mass is 10.0. The number of nitrogens with zero attached hydrogens (tertiary/aromatic N) is 6. The van der Waals surface area contributed by atoms with Gasteiger partial charge in [-0.05, 0) is 44.6 Å². The van der Waals surface area contributed by atoms with Gasteiger partial charge in [-0.3, -0.25) is 23.9 Å². The van der Waals surface area contributed by atoms with E-state index in [9.17, 15) is 23.9 Å². The van der Waals surface area contributed by atoms with Crippen LogP contribution in [0.2, 0.25) is 5.02 Å². The number of carbonyl (C=O) groups is 2. The molecule has 4 N–H and O–H groups in total. The number of amides is 2. The fourth-order valence-electron chi connectivity index (χ4n) is 6.88. The molecule has 1 atom stereocenters. The molecular formula is C33H34ClF3N8O4. The number of anilines is 2. The summed E-state index contributed by atoms with van der Waals surface area (Å²) in [6.45, 7) is 5.14. The Balaban J connectivity index is 1.23. The van der Waals surface area contributed by atoms with E-state index in [-0.39, 0.29) is 33.3 Å². The molecule has 1 saturated heterocycles. The van der Waals surface area contributed by atoms with Crippen LogP contribution in [0.1, 0.15) is 48.8 Å². The Labute approximate surface area is 283 Å². The normalized spacial score (nSPS) is 18.1. The maximum Gasteiger partial charge on any atom is 0.263 e. The van der Waals surface area contributed by atoms with E-state index in [4.69, 9.17) is 17.3 Å². The Bertz CT molecular complexity index is 2080. The van der Waals surface area contributed by atoms with Crippen LogP contribution in [0.3, 0.4) is 0 Å². The number of hydrogen-bond acceptors (Lipinski definition) is 8. The van der Waals surface area contributed by atoms with Crippen molar-refractivity contribution in [2.45, 2.75) is 58.2 Å². The van der Waals surface area contributed by atoms with Crippen LogP contribution >= 0.6 is 11.6 Å². The summed E-state index contributed by atoms with van der Waals surface area (Å²) in [5.41, 5.74) is 3.38. The second-order valence-corrected chi connectivity index (χ2v) is 13.4. The molecule has 12 nitrogen and oxygen atoms in total. The summed E-state index contributed by atoms with van der Waals surface area (Å²) in [5, 5.41) is 12.1. The zero-order valence-corrected chi connectivity index (χ0v) is 27.4. The van der Waals surface area contributed by atoms with E-state index >= 15 is 8.78 Å². The highest BCUT2D eigenvalue weighted by Crippen LogP contribution is 2.37. The number of nitrogens with two attached hydrogens (primary N) is 1. The minimum Gasteiger partial charge on any atom is -0.504 e. The van der Waals surface area contributed by atoms with Gasteiger partial charge in [0.2, 0.25) is 17.7 Å². The number of benzene rings is 1. The maximum atomic E-state index is 15.4. The molecule has 3 aromatic heterocycles. The van der Waals surface area contributed by atoms with E-state index in [0.29, 0.717) is 37.6 Å². The van der Waals surface area contributed by atoms with Gasteiger partial charge < -0.3 is 25.6 Å². The first-order valence-corrected chi connectivity index (χ1v) is 16.6.